The number of ether oxygens (including phenoxy) is 2. The van der Waals surface area contributed by atoms with Gasteiger partial charge in [-0.2, -0.15) is 5.10 Å². The molecule has 0 saturated carbocycles. The van der Waals surface area contributed by atoms with Gasteiger partial charge in [0.05, 0.1) is 17.3 Å². The molecule has 142 valence electrons. The highest BCUT2D eigenvalue weighted by molar-refractivity contribution is 9.10. The van der Waals surface area contributed by atoms with Gasteiger partial charge in [0.1, 0.15) is 11.5 Å². The van der Waals surface area contributed by atoms with Crippen LogP contribution in [0.15, 0.2) is 46.0 Å². The van der Waals surface area contributed by atoms with Crippen molar-refractivity contribution in [1.82, 2.24) is 5.43 Å². The molecule has 0 unspecified atom stereocenters. The van der Waals surface area contributed by atoms with Crippen LogP contribution >= 0.6 is 15.9 Å². The zero-order chi connectivity index (χ0) is 19.1. The van der Waals surface area contributed by atoms with Crippen molar-refractivity contribution in [2.24, 2.45) is 5.10 Å². The Hall–Kier alpha value is -2.34. The quantitative estimate of drug-likeness (QED) is 0.527. The average Bonchev–Trinajstić information content (AvgIpc) is 2.69. The first-order chi connectivity index (χ1) is 13.2. The van der Waals surface area contributed by atoms with Crippen LogP contribution in [0.3, 0.4) is 0 Å². The minimum Gasteiger partial charge on any atom is -0.494 e. The maximum absolute atomic E-state index is 12.0. The summed E-state index contributed by atoms with van der Waals surface area (Å²) in [5, 5.41) is 3.97. The lowest BCUT2D eigenvalue weighted by molar-refractivity contribution is -0.123. The number of aryl methyl sites for hydroxylation is 1. The second kappa shape index (κ2) is 9.55. The fraction of sp³-hybridized carbons (Fsp3) is 0.333. The largest absolute Gasteiger partial charge is 0.494 e. The topological polar surface area (TPSA) is 59.9 Å². The van der Waals surface area contributed by atoms with Crippen molar-refractivity contribution in [2.45, 2.75) is 32.6 Å². The Morgan fingerprint density at radius 3 is 2.70 bits per heavy atom. The molecule has 2 aromatic carbocycles. The molecule has 5 nitrogen and oxygen atoms in total. The van der Waals surface area contributed by atoms with Crippen LogP contribution < -0.4 is 14.9 Å². The first-order valence-electron chi connectivity index (χ1n) is 9.15. The molecule has 1 amide bonds. The number of hydrogen-bond acceptors (Lipinski definition) is 4. The molecule has 0 spiro atoms. The lowest BCUT2D eigenvalue weighted by Gasteiger charge is -2.19. The Labute approximate surface area is 167 Å². The number of nitrogens with one attached hydrogen (secondary N) is 1. The predicted octanol–water partition coefficient (Wildman–Crippen LogP) is 4.26. The Bertz CT molecular complexity index is 819. The zero-order valence-corrected chi connectivity index (χ0v) is 16.9. The van der Waals surface area contributed by atoms with Gasteiger partial charge in [0.15, 0.2) is 6.61 Å². The van der Waals surface area contributed by atoms with Crippen LogP contribution in [0.25, 0.3) is 0 Å². The van der Waals surface area contributed by atoms with E-state index in [0.29, 0.717) is 12.4 Å². The minimum atomic E-state index is -0.304. The molecule has 2 aromatic rings. The molecule has 0 fully saturated rings. The summed E-state index contributed by atoms with van der Waals surface area (Å²) in [6, 6.07) is 11.5. The molecule has 0 radical (unpaired) electrons. The van der Waals surface area contributed by atoms with Gasteiger partial charge in [-0.05, 0) is 95.6 Å². The summed E-state index contributed by atoms with van der Waals surface area (Å²) in [6.07, 6.45) is 6.16. The summed E-state index contributed by atoms with van der Waals surface area (Å²) in [4.78, 5) is 12.0. The van der Waals surface area contributed by atoms with Gasteiger partial charge in [0.25, 0.3) is 5.91 Å². The van der Waals surface area contributed by atoms with Crippen LogP contribution in [0.1, 0.15) is 36.5 Å². The summed E-state index contributed by atoms with van der Waals surface area (Å²) in [6.45, 7) is 2.48. The fourth-order valence-corrected chi connectivity index (χ4v) is 3.74. The second-order valence-corrected chi connectivity index (χ2v) is 7.10. The second-order valence-electron chi connectivity index (χ2n) is 6.31. The molecule has 27 heavy (non-hydrogen) atoms. The normalized spacial score (nSPS) is 13.3. The van der Waals surface area contributed by atoms with Gasteiger partial charge in [-0.25, -0.2) is 5.43 Å². The number of carbonyl (C=O) groups excluding carboxylic acids is 1. The van der Waals surface area contributed by atoms with Crippen LogP contribution in [0.4, 0.5) is 0 Å². The van der Waals surface area contributed by atoms with E-state index in [2.05, 4.69) is 32.5 Å². The molecule has 0 aliphatic heterocycles. The Balaban J connectivity index is 1.50. The monoisotopic (exact) mass is 430 g/mol. The SMILES string of the molecule is CCOc1ccc(/C=N\NC(=O)COc2ccc3c(c2Br)CCCC3)cc1. The van der Waals surface area contributed by atoms with E-state index in [1.807, 2.05) is 37.3 Å². The van der Waals surface area contributed by atoms with Crippen molar-refractivity contribution < 1.29 is 14.3 Å². The van der Waals surface area contributed by atoms with Crippen molar-refractivity contribution in [1.29, 1.82) is 0 Å². The highest BCUT2D eigenvalue weighted by Crippen LogP contribution is 2.35. The Morgan fingerprint density at radius 2 is 1.93 bits per heavy atom. The highest BCUT2D eigenvalue weighted by Gasteiger charge is 2.16. The number of hydrogen-bond donors (Lipinski definition) is 1. The summed E-state index contributed by atoms with van der Waals surface area (Å²) in [5.41, 5.74) is 6.02. The van der Waals surface area contributed by atoms with Crippen molar-refractivity contribution in [2.75, 3.05) is 13.2 Å². The molecule has 6 heteroatoms. The highest BCUT2D eigenvalue weighted by atomic mass is 79.9. The number of halogens is 1. The average molecular weight is 431 g/mol. The van der Waals surface area contributed by atoms with Gasteiger partial charge in [0.2, 0.25) is 0 Å². The molecule has 1 aliphatic rings. The van der Waals surface area contributed by atoms with Gasteiger partial charge in [-0.1, -0.05) is 6.07 Å². The van der Waals surface area contributed by atoms with E-state index in [1.165, 1.54) is 24.0 Å². The maximum atomic E-state index is 12.0. The van der Waals surface area contributed by atoms with E-state index in [4.69, 9.17) is 9.47 Å². The first kappa shape index (κ1) is 19.4. The van der Waals surface area contributed by atoms with Crippen molar-refractivity contribution in [3.05, 3.63) is 57.6 Å². The van der Waals surface area contributed by atoms with Crippen LogP contribution in [-0.2, 0) is 17.6 Å². The smallest absolute Gasteiger partial charge is 0.277 e. The molecule has 1 aliphatic carbocycles. The van der Waals surface area contributed by atoms with E-state index in [0.717, 1.165) is 28.6 Å². The van der Waals surface area contributed by atoms with E-state index in [1.54, 1.807) is 6.21 Å². The molecule has 0 bridgehead atoms. The van der Waals surface area contributed by atoms with Crippen LogP contribution in [0.2, 0.25) is 0 Å². The number of rotatable bonds is 7. The van der Waals surface area contributed by atoms with E-state index >= 15 is 0 Å². The number of fused-ring (bicyclic) bond motifs is 1. The molecule has 3 rings (SSSR count). The van der Waals surface area contributed by atoms with E-state index in [-0.39, 0.29) is 12.5 Å². The molecule has 1 N–H and O–H groups in total. The number of carbonyl (C=O) groups is 1. The summed E-state index contributed by atoms with van der Waals surface area (Å²) in [5.74, 6) is 1.20. The minimum absolute atomic E-state index is 0.0853. The number of benzene rings is 2. The summed E-state index contributed by atoms with van der Waals surface area (Å²) >= 11 is 3.62. The maximum Gasteiger partial charge on any atom is 0.277 e. The molecule has 0 atom stereocenters. The Morgan fingerprint density at radius 1 is 1.15 bits per heavy atom. The van der Waals surface area contributed by atoms with Gasteiger partial charge in [-0.3, -0.25) is 4.79 Å². The lowest BCUT2D eigenvalue weighted by Crippen LogP contribution is -2.24. The van der Waals surface area contributed by atoms with Crippen molar-refractivity contribution in [3.63, 3.8) is 0 Å². The first-order valence-corrected chi connectivity index (χ1v) is 9.94. The van der Waals surface area contributed by atoms with E-state index in [9.17, 15) is 4.79 Å². The Kier molecular flexibility index (Phi) is 6.87. The number of nitrogens with zero attached hydrogens (tertiary/aromatic N) is 1. The zero-order valence-electron chi connectivity index (χ0n) is 15.3. The third-order valence-electron chi connectivity index (χ3n) is 4.38. The van der Waals surface area contributed by atoms with E-state index < -0.39 is 0 Å². The third-order valence-corrected chi connectivity index (χ3v) is 5.25. The summed E-state index contributed by atoms with van der Waals surface area (Å²) < 4.78 is 12.0. The van der Waals surface area contributed by atoms with Crippen molar-refractivity contribution >= 4 is 28.1 Å². The molecule has 0 saturated heterocycles. The third kappa shape index (κ3) is 5.32. The van der Waals surface area contributed by atoms with Crippen LogP contribution in [-0.4, -0.2) is 25.3 Å². The standard InChI is InChI=1S/C21H23BrN2O3/c1-2-26-17-10-7-15(8-11-17)13-23-24-20(25)14-27-19-12-9-16-5-3-4-6-18(16)21(19)22/h7-13H,2-6,14H2,1H3,(H,24,25)/b23-13-. The molecular weight excluding hydrogens is 408 g/mol. The van der Waals surface area contributed by atoms with Gasteiger partial charge in [-0.15, -0.1) is 0 Å². The van der Waals surface area contributed by atoms with Gasteiger partial charge >= 0.3 is 0 Å². The van der Waals surface area contributed by atoms with Crippen LogP contribution in [0.5, 0.6) is 11.5 Å². The lowest BCUT2D eigenvalue weighted by atomic mass is 9.92. The van der Waals surface area contributed by atoms with Crippen LogP contribution in [0, 0.1) is 0 Å². The van der Waals surface area contributed by atoms with Crippen molar-refractivity contribution in [3.8, 4) is 11.5 Å². The molecule has 0 aromatic heterocycles. The number of amides is 1. The summed E-state index contributed by atoms with van der Waals surface area (Å²) in [7, 11) is 0. The van der Waals surface area contributed by atoms with Gasteiger partial charge < -0.3 is 9.47 Å². The van der Waals surface area contributed by atoms with Gasteiger partial charge in [0, 0.05) is 0 Å². The number of hydrazone groups is 1. The fourth-order valence-electron chi connectivity index (χ4n) is 3.04. The molecular formula is C21H23BrN2O3. The predicted molar refractivity (Wildman–Crippen MR) is 110 cm³/mol. The molecule has 0 heterocycles.